The van der Waals surface area contributed by atoms with Crippen LogP contribution in [0.3, 0.4) is 0 Å². The van der Waals surface area contributed by atoms with E-state index in [1.807, 2.05) is 0 Å². The topological polar surface area (TPSA) is 46.3 Å². The van der Waals surface area contributed by atoms with Crippen LogP contribution in [0.4, 0.5) is 0 Å². The third kappa shape index (κ3) is 2.71. The molecule has 4 atom stereocenters. The van der Waals surface area contributed by atoms with E-state index >= 15 is 0 Å². The third-order valence-electron chi connectivity index (χ3n) is 5.16. The highest BCUT2D eigenvalue weighted by Crippen LogP contribution is 2.33. The van der Waals surface area contributed by atoms with Gasteiger partial charge in [0.05, 0.1) is 0 Å². The number of rotatable bonds is 2. The molecule has 2 rings (SSSR count). The number of amides is 1. The van der Waals surface area contributed by atoms with Crippen LogP contribution in [0.15, 0.2) is 0 Å². The molecule has 1 aliphatic heterocycles. The molecule has 1 heterocycles. The minimum absolute atomic E-state index is 0.180. The summed E-state index contributed by atoms with van der Waals surface area (Å²) in [7, 11) is 0. The molecule has 0 aromatic heterocycles. The zero-order chi connectivity index (χ0) is 13.3. The molecule has 2 N–H and O–H groups in total. The summed E-state index contributed by atoms with van der Waals surface area (Å²) >= 11 is 0. The van der Waals surface area contributed by atoms with Crippen LogP contribution in [0.25, 0.3) is 0 Å². The molecule has 3 heteroatoms. The van der Waals surface area contributed by atoms with Gasteiger partial charge in [-0.05, 0) is 37.0 Å². The molecule has 1 saturated heterocycles. The van der Waals surface area contributed by atoms with E-state index < -0.39 is 0 Å². The minimum Gasteiger partial charge on any atom is -0.342 e. The van der Waals surface area contributed by atoms with Gasteiger partial charge in [-0.3, -0.25) is 4.79 Å². The second-order valence-electron chi connectivity index (χ2n) is 6.64. The highest BCUT2D eigenvalue weighted by atomic mass is 16.2. The summed E-state index contributed by atoms with van der Waals surface area (Å²) in [6.07, 6.45) is 4.41. The Labute approximate surface area is 111 Å². The summed E-state index contributed by atoms with van der Waals surface area (Å²) in [6.45, 7) is 8.60. The van der Waals surface area contributed by atoms with Crippen LogP contribution in [-0.4, -0.2) is 29.9 Å². The van der Waals surface area contributed by atoms with Gasteiger partial charge in [-0.15, -0.1) is 0 Å². The van der Waals surface area contributed by atoms with E-state index in [4.69, 9.17) is 5.73 Å². The van der Waals surface area contributed by atoms with Crippen molar-refractivity contribution in [3.8, 4) is 0 Å². The smallest absolute Gasteiger partial charge is 0.226 e. The van der Waals surface area contributed by atoms with Gasteiger partial charge in [0.1, 0.15) is 0 Å². The van der Waals surface area contributed by atoms with Crippen molar-refractivity contribution in [3.05, 3.63) is 0 Å². The van der Waals surface area contributed by atoms with Crippen LogP contribution in [0.2, 0.25) is 0 Å². The van der Waals surface area contributed by atoms with Crippen molar-refractivity contribution in [2.45, 2.75) is 52.5 Å². The molecule has 0 radical (unpaired) electrons. The first-order chi connectivity index (χ1) is 8.50. The molecule has 18 heavy (non-hydrogen) atoms. The lowest BCUT2D eigenvalue weighted by atomic mass is 9.76. The predicted molar refractivity (Wildman–Crippen MR) is 74.0 cm³/mol. The number of hydrogen-bond acceptors (Lipinski definition) is 2. The van der Waals surface area contributed by atoms with Crippen LogP contribution >= 0.6 is 0 Å². The normalized spacial score (nSPS) is 37.3. The Balaban J connectivity index is 1.95. The second-order valence-corrected chi connectivity index (χ2v) is 6.64. The molecule has 3 nitrogen and oxygen atoms in total. The number of hydrogen-bond donors (Lipinski definition) is 1. The first kappa shape index (κ1) is 13.9. The van der Waals surface area contributed by atoms with Crippen molar-refractivity contribution in [2.24, 2.45) is 29.4 Å². The summed E-state index contributed by atoms with van der Waals surface area (Å²) in [5.41, 5.74) is 6.11. The Bertz CT molecular complexity index is 303. The quantitative estimate of drug-likeness (QED) is 0.819. The molecule has 0 aromatic carbocycles. The average Bonchev–Trinajstić information content (AvgIpc) is 2.81. The highest BCUT2D eigenvalue weighted by molar-refractivity contribution is 5.79. The van der Waals surface area contributed by atoms with Crippen molar-refractivity contribution in [1.82, 2.24) is 4.90 Å². The van der Waals surface area contributed by atoms with Crippen LogP contribution in [0, 0.1) is 23.7 Å². The number of likely N-dealkylation sites (tertiary alicyclic amines) is 1. The third-order valence-corrected chi connectivity index (χ3v) is 5.16. The van der Waals surface area contributed by atoms with E-state index in [0.717, 1.165) is 32.4 Å². The van der Waals surface area contributed by atoms with E-state index in [1.54, 1.807) is 0 Å². The van der Waals surface area contributed by atoms with Gasteiger partial charge in [-0.1, -0.05) is 27.2 Å². The first-order valence-electron chi connectivity index (χ1n) is 7.55. The van der Waals surface area contributed by atoms with E-state index in [9.17, 15) is 4.79 Å². The summed E-state index contributed by atoms with van der Waals surface area (Å²) in [4.78, 5) is 14.7. The summed E-state index contributed by atoms with van der Waals surface area (Å²) in [5.74, 6) is 2.29. The fourth-order valence-electron chi connectivity index (χ4n) is 3.51. The lowest BCUT2D eigenvalue weighted by Gasteiger charge is -2.35. The fraction of sp³-hybridized carbons (Fsp3) is 0.933. The summed E-state index contributed by atoms with van der Waals surface area (Å²) < 4.78 is 0. The Morgan fingerprint density at radius 1 is 1.28 bits per heavy atom. The van der Waals surface area contributed by atoms with Gasteiger partial charge in [0.15, 0.2) is 0 Å². The lowest BCUT2D eigenvalue weighted by molar-refractivity contribution is -0.137. The van der Waals surface area contributed by atoms with E-state index in [2.05, 4.69) is 25.7 Å². The molecule has 1 aliphatic carbocycles. The fourth-order valence-corrected chi connectivity index (χ4v) is 3.51. The standard InChI is InChI=1S/C15H28N2O/c1-10(2)12-7-8-17(9-12)15(18)13-5-4-6-14(16)11(13)3/h10-14H,4-9,16H2,1-3H3. The van der Waals surface area contributed by atoms with E-state index in [0.29, 0.717) is 23.7 Å². The van der Waals surface area contributed by atoms with E-state index in [1.165, 1.54) is 6.42 Å². The number of carbonyl (C=O) groups excluding carboxylic acids is 1. The zero-order valence-electron chi connectivity index (χ0n) is 12.1. The van der Waals surface area contributed by atoms with Gasteiger partial charge in [-0.2, -0.15) is 0 Å². The van der Waals surface area contributed by atoms with Crippen LogP contribution < -0.4 is 5.73 Å². The molecule has 0 aromatic rings. The Morgan fingerprint density at radius 2 is 2.00 bits per heavy atom. The van der Waals surface area contributed by atoms with Gasteiger partial charge in [-0.25, -0.2) is 0 Å². The largest absolute Gasteiger partial charge is 0.342 e. The Hall–Kier alpha value is -0.570. The van der Waals surface area contributed by atoms with Gasteiger partial charge in [0.2, 0.25) is 5.91 Å². The molecule has 4 unspecified atom stereocenters. The first-order valence-corrected chi connectivity index (χ1v) is 7.55. The Kier molecular flexibility index (Phi) is 4.31. The maximum absolute atomic E-state index is 12.6. The summed E-state index contributed by atoms with van der Waals surface area (Å²) in [6, 6.07) is 0.219. The van der Waals surface area contributed by atoms with Crippen molar-refractivity contribution in [1.29, 1.82) is 0 Å². The van der Waals surface area contributed by atoms with Crippen LogP contribution in [0.5, 0.6) is 0 Å². The molecule has 1 amide bonds. The molecule has 0 bridgehead atoms. The van der Waals surface area contributed by atoms with Crippen LogP contribution in [-0.2, 0) is 4.79 Å². The molecular weight excluding hydrogens is 224 g/mol. The number of nitrogens with two attached hydrogens (primary N) is 1. The summed E-state index contributed by atoms with van der Waals surface area (Å²) in [5, 5.41) is 0. The average molecular weight is 252 g/mol. The van der Waals surface area contributed by atoms with Crippen LogP contribution in [0.1, 0.15) is 46.5 Å². The van der Waals surface area contributed by atoms with Gasteiger partial charge in [0, 0.05) is 25.0 Å². The minimum atomic E-state index is 0.180. The van der Waals surface area contributed by atoms with Gasteiger partial charge >= 0.3 is 0 Å². The second kappa shape index (κ2) is 5.60. The lowest BCUT2D eigenvalue weighted by Crippen LogP contribution is -2.45. The Morgan fingerprint density at radius 3 is 2.61 bits per heavy atom. The molecule has 104 valence electrons. The molecule has 2 aliphatic rings. The number of carbonyl (C=O) groups is 1. The highest BCUT2D eigenvalue weighted by Gasteiger charge is 2.37. The maximum atomic E-state index is 12.6. The SMILES string of the molecule is CC(C)C1CCN(C(=O)C2CCCC(N)C2C)C1. The molecule has 0 spiro atoms. The van der Waals surface area contributed by atoms with Gasteiger partial charge in [0.25, 0.3) is 0 Å². The molecule has 1 saturated carbocycles. The van der Waals surface area contributed by atoms with Gasteiger partial charge < -0.3 is 10.6 Å². The van der Waals surface area contributed by atoms with Crippen molar-refractivity contribution in [3.63, 3.8) is 0 Å². The maximum Gasteiger partial charge on any atom is 0.226 e. The zero-order valence-corrected chi connectivity index (χ0v) is 12.1. The van der Waals surface area contributed by atoms with Crippen molar-refractivity contribution >= 4 is 5.91 Å². The van der Waals surface area contributed by atoms with Crippen molar-refractivity contribution in [2.75, 3.05) is 13.1 Å². The van der Waals surface area contributed by atoms with E-state index in [-0.39, 0.29) is 12.0 Å². The van der Waals surface area contributed by atoms with Crippen molar-refractivity contribution < 1.29 is 4.79 Å². The monoisotopic (exact) mass is 252 g/mol. The molecular formula is C15H28N2O. The number of nitrogens with zero attached hydrogens (tertiary/aromatic N) is 1. The predicted octanol–water partition coefficient (Wildman–Crippen LogP) is 2.25. The molecule has 2 fully saturated rings.